The molecule has 6 heteroatoms. The van der Waals surface area contributed by atoms with Crippen molar-refractivity contribution in [3.05, 3.63) is 75.8 Å². The van der Waals surface area contributed by atoms with Crippen molar-refractivity contribution in [1.82, 2.24) is 9.97 Å². The van der Waals surface area contributed by atoms with Crippen LogP contribution in [0.2, 0.25) is 0 Å². The lowest BCUT2D eigenvalue weighted by Crippen LogP contribution is -2.83. The molecule has 0 radical (unpaired) electrons. The molecule has 0 aliphatic heterocycles. The molecule has 3 N–H and O–H groups in total. The average Bonchev–Trinajstić information content (AvgIpc) is 2.53. The molecule has 0 saturated heterocycles. The predicted molar refractivity (Wildman–Crippen MR) is 82.8 cm³/mol. The molecule has 3 aromatic rings. The van der Waals surface area contributed by atoms with Crippen LogP contribution in [0.15, 0.2) is 47.3 Å². The maximum absolute atomic E-state index is 13.8. The fourth-order valence-electron chi connectivity index (χ4n) is 2.52. The first-order chi connectivity index (χ1) is 11.0. The summed E-state index contributed by atoms with van der Waals surface area (Å²) >= 11 is 0. The summed E-state index contributed by atoms with van der Waals surface area (Å²) < 4.78 is 26.7. The number of nitrogens with zero attached hydrogens (tertiary/aromatic N) is 1. The van der Waals surface area contributed by atoms with Gasteiger partial charge in [-0.05, 0) is 31.2 Å². The van der Waals surface area contributed by atoms with E-state index in [9.17, 15) is 13.6 Å². The summed E-state index contributed by atoms with van der Waals surface area (Å²) in [5.41, 5.74) is 0.842. The van der Waals surface area contributed by atoms with Gasteiger partial charge in [0.05, 0.1) is 10.9 Å². The lowest BCUT2D eigenvalue weighted by molar-refractivity contribution is -0.709. The molecule has 3 rings (SSSR count). The number of halogens is 2. The van der Waals surface area contributed by atoms with Crippen molar-refractivity contribution in [2.24, 2.45) is 0 Å². The number of fused-ring (bicyclic) bond motifs is 1. The molecule has 0 fully saturated rings. The Kier molecular flexibility index (Phi) is 4.16. The fraction of sp³-hybridized carbons (Fsp3) is 0.176. The largest absolute Gasteiger partial charge is 0.334 e. The van der Waals surface area contributed by atoms with Crippen molar-refractivity contribution >= 4 is 10.9 Å². The first kappa shape index (κ1) is 15.3. The summed E-state index contributed by atoms with van der Waals surface area (Å²) in [6, 6.07) is 10.4. The van der Waals surface area contributed by atoms with Gasteiger partial charge in [-0.2, -0.15) is 0 Å². The summed E-state index contributed by atoms with van der Waals surface area (Å²) in [5.74, 6) is -0.657. The minimum Gasteiger partial charge on any atom is -0.334 e. The smallest absolute Gasteiger partial charge is 0.258 e. The van der Waals surface area contributed by atoms with Crippen molar-refractivity contribution in [3.8, 4) is 0 Å². The molecule has 1 aromatic heterocycles. The first-order valence-corrected chi connectivity index (χ1v) is 7.31. The van der Waals surface area contributed by atoms with Gasteiger partial charge in [-0.1, -0.05) is 12.1 Å². The maximum atomic E-state index is 13.8. The molecule has 1 heterocycles. The van der Waals surface area contributed by atoms with Crippen LogP contribution in [0.4, 0.5) is 8.78 Å². The number of aromatic amines is 1. The molecular weight excluding hydrogens is 300 g/mol. The van der Waals surface area contributed by atoms with Crippen molar-refractivity contribution in [2.75, 3.05) is 0 Å². The molecule has 0 amide bonds. The Morgan fingerprint density at radius 3 is 2.78 bits per heavy atom. The number of hydrogen-bond acceptors (Lipinski definition) is 2. The van der Waals surface area contributed by atoms with Crippen molar-refractivity contribution < 1.29 is 14.1 Å². The highest BCUT2D eigenvalue weighted by Crippen LogP contribution is 2.14. The van der Waals surface area contributed by atoms with Gasteiger partial charge in [0, 0.05) is 11.6 Å². The van der Waals surface area contributed by atoms with E-state index in [2.05, 4.69) is 9.97 Å². The molecule has 23 heavy (non-hydrogen) atoms. The zero-order chi connectivity index (χ0) is 16.4. The van der Waals surface area contributed by atoms with Crippen LogP contribution in [0.3, 0.4) is 0 Å². The van der Waals surface area contributed by atoms with E-state index in [1.807, 2.05) is 18.3 Å². The second kappa shape index (κ2) is 6.26. The predicted octanol–water partition coefficient (Wildman–Crippen LogP) is 2.03. The first-order valence-electron chi connectivity index (χ1n) is 7.31. The van der Waals surface area contributed by atoms with Crippen LogP contribution in [0.25, 0.3) is 10.9 Å². The number of rotatable bonds is 4. The summed E-state index contributed by atoms with van der Waals surface area (Å²) in [6.07, 6.45) is 0. The molecule has 0 unspecified atom stereocenters. The number of nitrogens with two attached hydrogens (primary N) is 1. The van der Waals surface area contributed by atoms with Gasteiger partial charge in [-0.3, -0.25) is 4.79 Å². The standard InChI is InChI=1S/C17H15F2N3O/c1-10(12-7-6-11(18)8-14(12)19)20-9-16-21-15-5-3-2-4-13(15)17(23)22-16/h2-8,10,20H,9H2,1H3,(H,21,22,23)/p+1/t10-/m0/s1. The molecule has 1 atom stereocenters. The second-order valence-corrected chi connectivity index (χ2v) is 5.42. The molecule has 0 aliphatic carbocycles. The number of hydrogen-bond donors (Lipinski definition) is 2. The number of nitrogens with one attached hydrogen (secondary N) is 1. The van der Waals surface area contributed by atoms with E-state index < -0.39 is 11.6 Å². The zero-order valence-corrected chi connectivity index (χ0v) is 12.5. The van der Waals surface area contributed by atoms with Crippen LogP contribution >= 0.6 is 0 Å². The highest BCUT2D eigenvalue weighted by molar-refractivity contribution is 5.77. The van der Waals surface area contributed by atoms with Gasteiger partial charge in [0.2, 0.25) is 0 Å². The van der Waals surface area contributed by atoms with Gasteiger partial charge in [-0.25, -0.2) is 13.8 Å². The van der Waals surface area contributed by atoms with E-state index in [4.69, 9.17) is 0 Å². The van der Waals surface area contributed by atoms with Crippen molar-refractivity contribution in [2.45, 2.75) is 19.5 Å². The van der Waals surface area contributed by atoms with Gasteiger partial charge >= 0.3 is 0 Å². The highest BCUT2D eigenvalue weighted by Gasteiger charge is 2.15. The zero-order valence-electron chi connectivity index (χ0n) is 12.5. The molecule has 0 bridgehead atoms. The number of benzene rings is 2. The lowest BCUT2D eigenvalue weighted by Gasteiger charge is -2.12. The number of aromatic nitrogens is 2. The minimum absolute atomic E-state index is 0.195. The van der Waals surface area contributed by atoms with Crippen LogP contribution in [-0.2, 0) is 6.54 Å². The molecule has 4 nitrogen and oxygen atoms in total. The third kappa shape index (κ3) is 3.27. The van der Waals surface area contributed by atoms with Crippen molar-refractivity contribution in [1.29, 1.82) is 0 Å². The SMILES string of the molecule is C[C@H]([NH2+]Cc1nc2ccccc2c(=O)[nH]1)c1ccc(F)cc1F. The monoisotopic (exact) mass is 316 g/mol. The Bertz CT molecular complexity index is 908. The van der Waals surface area contributed by atoms with Crippen LogP contribution < -0.4 is 10.9 Å². The van der Waals surface area contributed by atoms with Crippen LogP contribution in [-0.4, -0.2) is 9.97 Å². The molecule has 2 aromatic carbocycles. The van der Waals surface area contributed by atoms with Crippen LogP contribution in [0.1, 0.15) is 24.4 Å². The van der Waals surface area contributed by atoms with E-state index in [-0.39, 0.29) is 11.6 Å². The maximum Gasteiger partial charge on any atom is 0.258 e. The van der Waals surface area contributed by atoms with E-state index in [0.29, 0.717) is 28.8 Å². The Morgan fingerprint density at radius 1 is 1.22 bits per heavy atom. The molecule has 0 saturated carbocycles. The van der Waals surface area contributed by atoms with Gasteiger partial charge in [0.15, 0.2) is 5.82 Å². The number of H-pyrrole nitrogens is 1. The summed E-state index contributed by atoms with van der Waals surface area (Å²) in [4.78, 5) is 19.1. The molecule has 0 aliphatic rings. The summed E-state index contributed by atoms with van der Waals surface area (Å²) in [6.45, 7) is 2.20. The Labute approximate surface area is 131 Å². The van der Waals surface area contributed by atoms with E-state index in [0.717, 1.165) is 6.07 Å². The Hall–Kier alpha value is -2.60. The normalized spacial score (nSPS) is 12.5. The molecule has 118 valence electrons. The van der Waals surface area contributed by atoms with E-state index >= 15 is 0 Å². The number of quaternary nitrogens is 1. The van der Waals surface area contributed by atoms with Crippen LogP contribution in [0.5, 0.6) is 0 Å². The third-order valence-corrected chi connectivity index (χ3v) is 3.78. The van der Waals surface area contributed by atoms with Crippen LogP contribution in [0, 0.1) is 11.6 Å². The van der Waals surface area contributed by atoms with E-state index in [1.54, 1.807) is 18.2 Å². The van der Waals surface area contributed by atoms with E-state index in [1.165, 1.54) is 12.1 Å². The molecule has 0 spiro atoms. The van der Waals surface area contributed by atoms with Gasteiger partial charge in [0.1, 0.15) is 24.2 Å². The highest BCUT2D eigenvalue weighted by atomic mass is 19.1. The summed E-state index contributed by atoms with van der Waals surface area (Å²) in [7, 11) is 0. The van der Waals surface area contributed by atoms with Crippen molar-refractivity contribution in [3.63, 3.8) is 0 Å². The quantitative estimate of drug-likeness (QED) is 0.773. The number of para-hydroxylation sites is 1. The minimum atomic E-state index is -0.598. The molecular formula is C17H16F2N3O+. The van der Waals surface area contributed by atoms with Gasteiger partial charge < -0.3 is 10.3 Å². The van der Waals surface area contributed by atoms with Gasteiger partial charge in [0.25, 0.3) is 5.56 Å². The Balaban J connectivity index is 1.79. The average molecular weight is 316 g/mol. The fourth-order valence-corrected chi connectivity index (χ4v) is 2.52. The third-order valence-electron chi connectivity index (χ3n) is 3.78. The second-order valence-electron chi connectivity index (χ2n) is 5.42. The van der Waals surface area contributed by atoms with Gasteiger partial charge in [-0.15, -0.1) is 0 Å². The topological polar surface area (TPSA) is 62.4 Å². The lowest BCUT2D eigenvalue weighted by atomic mass is 10.1. The Morgan fingerprint density at radius 2 is 2.00 bits per heavy atom. The summed E-state index contributed by atoms with van der Waals surface area (Å²) in [5, 5.41) is 2.37.